The van der Waals surface area contributed by atoms with Crippen molar-refractivity contribution in [2.24, 2.45) is 5.14 Å². The zero-order chi connectivity index (χ0) is 21.5. The highest BCUT2D eigenvalue weighted by atomic mass is 32.2. The van der Waals surface area contributed by atoms with E-state index in [1.54, 1.807) is 12.1 Å². The summed E-state index contributed by atoms with van der Waals surface area (Å²) in [4.78, 5) is 15.0. The van der Waals surface area contributed by atoms with E-state index in [1.165, 1.54) is 12.1 Å². The molecule has 0 radical (unpaired) electrons. The summed E-state index contributed by atoms with van der Waals surface area (Å²) in [7, 11) is -4.05. The number of nitro groups is 1. The molecule has 0 aliphatic carbocycles. The van der Waals surface area contributed by atoms with Gasteiger partial charge in [-0.05, 0) is 49.4 Å². The quantitative estimate of drug-likeness (QED) is 0.372. The van der Waals surface area contributed by atoms with Gasteiger partial charge in [0, 0.05) is 17.4 Å². The molecule has 9 nitrogen and oxygen atoms in total. The number of nitrogens with zero attached hydrogens (tertiary/aromatic N) is 3. The molecule has 152 valence electrons. The van der Waals surface area contributed by atoms with Gasteiger partial charge < -0.3 is 5.32 Å². The SMILES string of the molecule is Cc1nc2cc(Nc3ccc(S(N)(=O)=O)cc3[N+](=O)[O-])ccc2n1-c1ccccc1. The van der Waals surface area contributed by atoms with Crippen LogP contribution in [0.15, 0.2) is 71.6 Å². The van der Waals surface area contributed by atoms with E-state index in [-0.39, 0.29) is 10.6 Å². The fourth-order valence-corrected chi connectivity index (χ4v) is 3.82. The molecule has 0 saturated carbocycles. The van der Waals surface area contributed by atoms with Gasteiger partial charge in [0.25, 0.3) is 5.69 Å². The number of benzene rings is 3. The predicted octanol–water partition coefficient (Wildman–Crippen LogP) is 3.63. The highest BCUT2D eigenvalue weighted by Gasteiger charge is 2.19. The Kier molecular flexibility index (Phi) is 4.72. The van der Waals surface area contributed by atoms with Gasteiger partial charge in [0.2, 0.25) is 10.0 Å². The lowest BCUT2D eigenvalue weighted by Crippen LogP contribution is -2.12. The predicted molar refractivity (Wildman–Crippen MR) is 114 cm³/mol. The van der Waals surface area contributed by atoms with Crippen LogP contribution in [0.4, 0.5) is 17.1 Å². The first-order valence-corrected chi connectivity index (χ1v) is 10.4. The Bertz CT molecular complexity index is 1380. The summed E-state index contributed by atoms with van der Waals surface area (Å²) in [6.45, 7) is 1.90. The summed E-state index contributed by atoms with van der Waals surface area (Å²) in [5.41, 5.74) is 2.91. The topological polar surface area (TPSA) is 133 Å². The number of nitrogens with two attached hydrogens (primary N) is 1. The van der Waals surface area contributed by atoms with Crippen LogP contribution >= 0.6 is 0 Å². The third-order valence-electron chi connectivity index (χ3n) is 4.61. The maximum atomic E-state index is 11.5. The minimum atomic E-state index is -4.05. The average Bonchev–Trinajstić information content (AvgIpc) is 3.02. The van der Waals surface area contributed by atoms with Crippen molar-refractivity contribution in [1.82, 2.24) is 9.55 Å². The van der Waals surface area contributed by atoms with Gasteiger partial charge >= 0.3 is 0 Å². The van der Waals surface area contributed by atoms with Crippen LogP contribution in [0.3, 0.4) is 0 Å². The first-order chi connectivity index (χ1) is 14.2. The van der Waals surface area contributed by atoms with Crippen molar-refractivity contribution in [2.75, 3.05) is 5.32 Å². The van der Waals surface area contributed by atoms with E-state index in [0.717, 1.165) is 23.1 Å². The molecule has 0 amide bonds. The van der Waals surface area contributed by atoms with Gasteiger partial charge in [-0.2, -0.15) is 0 Å². The smallest absolute Gasteiger partial charge is 0.294 e. The summed E-state index contributed by atoms with van der Waals surface area (Å²) in [6.07, 6.45) is 0. The number of aryl methyl sites for hydroxylation is 1. The van der Waals surface area contributed by atoms with Crippen molar-refractivity contribution in [1.29, 1.82) is 0 Å². The molecule has 3 N–H and O–H groups in total. The van der Waals surface area contributed by atoms with Crippen LogP contribution in [-0.4, -0.2) is 22.9 Å². The molecule has 1 heterocycles. The van der Waals surface area contributed by atoms with Crippen molar-refractivity contribution < 1.29 is 13.3 Å². The van der Waals surface area contributed by atoms with Crippen molar-refractivity contribution in [3.63, 3.8) is 0 Å². The molecule has 0 spiro atoms. The van der Waals surface area contributed by atoms with Gasteiger partial charge in [0.1, 0.15) is 11.5 Å². The van der Waals surface area contributed by atoms with E-state index >= 15 is 0 Å². The minimum Gasteiger partial charge on any atom is -0.350 e. The van der Waals surface area contributed by atoms with Gasteiger partial charge in [-0.3, -0.25) is 14.7 Å². The van der Waals surface area contributed by atoms with Crippen LogP contribution in [0.1, 0.15) is 5.82 Å². The third kappa shape index (κ3) is 3.61. The molecule has 4 rings (SSSR count). The van der Waals surface area contributed by atoms with Crippen molar-refractivity contribution in [2.45, 2.75) is 11.8 Å². The number of sulfonamides is 1. The second-order valence-electron chi connectivity index (χ2n) is 6.64. The normalized spacial score (nSPS) is 11.5. The molecule has 30 heavy (non-hydrogen) atoms. The standard InChI is InChI=1S/C20H17N5O4S/c1-13-22-18-11-14(7-10-19(18)24(13)15-5-3-2-4-6-15)23-17-9-8-16(30(21,28)29)12-20(17)25(26)27/h2-12,23H,1H3,(H2,21,28,29). The summed E-state index contributed by atoms with van der Waals surface area (Å²) < 4.78 is 25.0. The van der Waals surface area contributed by atoms with E-state index < -0.39 is 20.6 Å². The molecule has 4 aromatic rings. The lowest BCUT2D eigenvalue weighted by Gasteiger charge is -2.09. The number of imidazole rings is 1. The minimum absolute atomic E-state index is 0.144. The van der Waals surface area contributed by atoms with Gasteiger partial charge in [-0.25, -0.2) is 18.5 Å². The van der Waals surface area contributed by atoms with E-state index in [2.05, 4.69) is 10.3 Å². The first-order valence-electron chi connectivity index (χ1n) is 8.87. The zero-order valence-electron chi connectivity index (χ0n) is 15.8. The third-order valence-corrected chi connectivity index (χ3v) is 5.52. The molecule has 0 atom stereocenters. The van der Waals surface area contributed by atoms with Crippen molar-refractivity contribution in [3.8, 4) is 5.69 Å². The van der Waals surface area contributed by atoms with Crippen molar-refractivity contribution in [3.05, 3.63) is 82.7 Å². The number of hydrogen-bond donors (Lipinski definition) is 2. The number of anilines is 2. The van der Waals surface area contributed by atoms with Crippen LogP contribution in [-0.2, 0) is 10.0 Å². The number of rotatable bonds is 5. The van der Waals surface area contributed by atoms with Gasteiger partial charge in [-0.15, -0.1) is 0 Å². The molecule has 0 fully saturated rings. The Balaban J connectivity index is 1.74. The molecular weight excluding hydrogens is 406 g/mol. The Hall–Kier alpha value is -3.76. The van der Waals surface area contributed by atoms with E-state index in [0.29, 0.717) is 11.2 Å². The Labute approximate surface area is 172 Å². The number of primary sulfonamides is 1. The summed E-state index contributed by atoms with van der Waals surface area (Å²) in [5.74, 6) is 0.803. The largest absolute Gasteiger partial charge is 0.350 e. The summed E-state index contributed by atoms with van der Waals surface area (Å²) in [5, 5.41) is 19.5. The van der Waals surface area contributed by atoms with E-state index in [1.807, 2.05) is 47.9 Å². The fraction of sp³-hybridized carbons (Fsp3) is 0.0500. The number of para-hydroxylation sites is 1. The summed E-state index contributed by atoms with van der Waals surface area (Å²) in [6, 6.07) is 18.7. The number of hydrogen-bond acceptors (Lipinski definition) is 6. The van der Waals surface area contributed by atoms with E-state index in [4.69, 9.17) is 5.14 Å². The van der Waals surface area contributed by atoms with Gasteiger partial charge in [0.15, 0.2) is 0 Å². The highest BCUT2D eigenvalue weighted by molar-refractivity contribution is 7.89. The van der Waals surface area contributed by atoms with Crippen molar-refractivity contribution >= 4 is 38.1 Å². The van der Waals surface area contributed by atoms with Gasteiger partial charge in [0.05, 0.1) is 20.9 Å². The average molecular weight is 423 g/mol. The van der Waals surface area contributed by atoms with Crippen LogP contribution in [0, 0.1) is 17.0 Å². The lowest BCUT2D eigenvalue weighted by molar-refractivity contribution is -0.384. The molecule has 0 aliphatic heterocycles. The van der Waals surface area contributed by atoms with Gasteiger partial charge in [-0.1, -0.05) is 18.2 Å². The fourth-order valence-electron chi connectivity index (χ4n) is 3.28. The highest BCUT2D eigenvalue weighted by Crippen LogP contribution is 2.31. The van der Waals surface area contributed by atoms with Crippen LogP contribution in [0.2, 0.25) is 0 Å². The monoisotopic (exact) mass is 423 g/mol. The Morgan fingerprint density at radius 2 is 1.80 bits per heavy atom. The number of nitrogens with one attached hydrogen (secondary N) is 1. The Morgan fingerprint density at radius 1 is 1.07 bits per heavy atom. The molecule has 10 heteroatoms. The zero-order valence-corrected chi connectivity index (χ0v) is 16.6. The number of fused-ring (bicyclic) bond motifs is 1. The second kappa shape index (κ2) is 7.25. The maximum absolute atomic E-state index is 11.5. The van der Waals surface area contributed by atoms with Crippen LogP contribution in [0.25, 0.3) is 16.7 Å². The molecule has 0 saturated heterocycles. The van der Waals surface area contributed by atoms with Crippen LogP contribution in [0.5, 0.6) is 0 Å². The summed E-state index contributed by atoms with van der Waals surface area (Å²) >= 11 is 0. The first kappa shape index (κ1) is 19.6. The second-order valence-corrected chi connectivity index (χ2v) is 8.20. The molecule has 0 bridgehead atoms. The Morgan fingerprint density at radius 3 is 2.47 bits per heavy atom. The van der Waals surface area contributed by atoms with E-state index in [9.17, 15) is 18.5 Å². The number of aromatic nitrogens is 2. The lowest BCUT2D eigenvalue weighted by atomic mass is 10.2. The maximum Gasteiger partial charge on any atom is 0.294 e. The molecule has 1 aromatic heterocycles. The molecular formula is C20H17N5O4S. The number of nitro benzene ring substituents is 1. The van der Waals surface area contributed by atoms with Crippen LogP contribution < -0.4 is 10.5 Å². The molecule has 3 aromatic carbocycles. The molecule has 0 aliphatic rings. The molecule has 0 unspecified atom stereocenters.